The average molecular weight is 794 g/mol. The molecule has 0 unspecified atom stereocenters. The van der Waals surface area contributed by atoms with E-state index in [-0.39, 0.29) is 0 Å². The number of rotatable bonds is 6. The molecule has 0 saturated carbocycles. The number of aromatic nitrogens is 3. The van der Waals surface area contributed by atoms with E-state index in [2.05, 4.69) is 24.3 Å². The highest BCUT2D eigenvalue weighted by Gasteiger charge is 2.25. The molecule has 1 aromatic heterocycles. The maximum absolute atomic E-state index is 10.00. The third-order valence-corrected chi connectivity index (χ3v) is 11.3. The molecule has 288 valence electrons. The molecule has 0 atom stereocenters. The Labute approximate surface area is 357 Å². The predicted molar refractivity (Wildman–Crippen MR) is 243 cm³/mol. The Kier molecular flexibility index (Phi) is 8.78. The van der Waals surface area contributed by atoms with Gasteiger partial charge in [0.25, 0.3) is 0 Å². The quantitative estimate of drug-likeness (QED) is 0.165. The minimum absolute atomic E-state index is 0.563. The van der Waals surface area contributed by atoms with Crippen molar-refractivity contribution in [1.82, 2.24) is 15.0 Å². The summed E-state index contributed by atoms with van der Waals surface area (Å²) in [5.74, 6) is 4.12. The van der Waals surface area contributed by atoms with Crippen molar-refractivity contribution < 1.29 is 9.47 Å². The maximum atomic E-state index is 10.00. The van der Waals surface area contributed by atoms with Crippen LogP contribution in [-0.4, -0.2) is 15.0 Å². The van der Waals surface area contributed by atoms with E-state index in [1.54, 1.807) is 0 Å². The fraction of sp³-hybridized carbons (Fsp3) is 0. The average Bonchev–Trinajstić information content (AvgIpc) is 3.35. The van der Waals surface area contributed by atoms with Gasteiger partial charge in [-0.3, -0.25) is 0 Å². The molecule has 0 fully saturated rings. The van der Waals surface area contributed by atoms with Crippen LogP contribution in [0.1, 0.15) is 11.1 Å². The molecule has 0 spiro atoms. The Morgan fingerprint density at radius 1 is 0.306 bits per heavy atom. The van der Waals surface area contributed by atoms with Gasteiger partial charge >= 0.3 is 0 Å². The van der Waals surface area contributed by atoms with E-state index in [9.17, 15) is 10.5 Å². The molecular weight excluding hydrogens is 763 g/mol. The van der Waals surface area contributed by atoms with Gasteiger partial charge in [0.15, 0.2) is 40.5 Å². The molecule has 0 amide bonds. The summed E-state index contributed by atoms with van der Waals surface area (Å²) in [5, 5.41) is 23.6. The molecule has 2 heterocycles. The summed E-state index contributed by atoms with van der Waals surface area (Å²) < 4.78 is 13.4. The Bertz CT molecular complexity index is 3420. The van der Waals surface area contributed by atoms with Crippen molar-refractivity contribution in [1.29, 1.82) is 10.5 Å². The number of hydrogen-bond acceptors (Lipinski definition) is 7. The zero-order chi connectivity index (χ0) is 41.6. The van der Waals surface area contributed by atoms with Gasteiger partial charge in [0.1, 0.15) is 0 Å². The van der Waals surface area contributed by atoms with Crippen LogP contribution in [0.4, 0.5) is 0 Å². The van der Waals surface area contributed by atoms with Gasteiger partial charge in [-0.25, -0.2) is 15.0 Å². The van der Waals surface area contributed by atoms with Crippen LogP contribution in [0.5, 0.6) is 23.0 Å². The lowest BCUT2D eigenvalue weighted by atomic mass is 9.87. The first-order valence-electron chi connectivity index (χ1n) is 20.1. The molecule has 0 N–H and O–H groups in total. The first-order valence-corrected chi connectivity index (χ1v) is 20.1. The molecule has 1 aliphatic rings. The van der Waals surface area contributed by atoms with Crippen LogP contribution in [0.3, 0.4) is 0 Å². The molecular formula is C55H31N5O2. The lowest BCUT2D eigenvalue weighted by molar-refractivity contribution is 0.360. The fourth-order valence-electron chi connectivity index (χ4n) is 8.27. The van der Waals surface area contributed by atoms with Crippen LogP contribution < -0.4 is 9.47 Å². The molecule has 7 heteroatoms. The van der Waals surface area contributed by atoms with Crippen molar-refractivity contribution >= 4 is 21.5 Å². The van der Waals surface area contributed by atoms with Gasteiger partial charge in [-0.15, -0.1) is 0 Å². The highest BCUT2D eigenvalue weighted by molar-refractivity contribution is 6.08. The molecule has 0 bridgehead atoms. The molecule has 10 aromatic rings. The Morgan fingerprint density at radius 3 is 1.18 bits per heavy atom. The number of nitrogens with zero attached hydrogens (tertiary/aromatic N) is 5. The van der Waals surface area contributed by atoms with E-state index >= 15 is 0 Å². The predicted octanol–water partition coefficient (Wildman–Crippen LogP) is 13.8. The standard InChI is InChI=1S/C55H31N5O2/c56-32-39-23-26-45(43-17-9-7-15-41(39)43)47-30-51-52(31-48(47)46-27-24-40(33-57)42-16-8-10-18-44(42)46)62-50-29-38(25-28-49(50)61-51)34-19-21-37(22-20-34)55-59-53(35-11-3-1-4-12-35)58-54(60-55)36-13-5-2-6-14-36/h1-31H. The van der Waals surface area contributed by atoms with Crippen molar-refractivity contribution in [3.63, 3.8) is 0 Å². The largest absolute Gasteiger partial charge is 0.449 e. The summed E-state index contributed by atoms with van der Waals surface area (Å²) in [6.07, 6.45) is 0. The summed E-state index contributed by atoms with van der Waals surface area (Å²) in [5.41, 5.74) is 9.55. The van der Waals surface area contributed by atoms with Crippen LogP contribution in [0.25, 0.3) is 89.1 Å². The zero-order valence-corrected chi connectivity index (χ0v) is 33.0. The molecule has 0 aliphatic carbocycles. The summed E-state index contributed by atoms with van der Waals surface area (Å²) in [7, 11) is 0. The van der Waals surface area contributed by atoms with E-state index in [0.29, 0.717) is 51.6 Å². The Balaban J connectivity index is 0.981. The van der Waals surface area contributed by atoms with Gasteiger partial charge < -0.3 is 9.47 Å². The molecule has 62 heavy (non-hydrogen) atoms. The number of fused-ring (bicyclic) bond motifs is 4. The minimum Gasteiger partial charge on any atom is -0.449 e. The minimum atomic E-state index is 0.563. The van der Waals surface area contributed by atoms with Gasteiger partial charge in [-0.1, -0.05) is 152 Å². The van der Waals surface area contributed by atoms with Crippen LogP contribution in [0.15, 0.2) is 188 Å². The van der Waals surface area contributed by atoms with E-state index in [1.165, 1.54) is 0 Å². The molecule has 0 radical (unpaired) electrons. The topological polar surface area (TPSA) is 105 Å². The summed E-state index contributed by atoms with van der Waals surface area (Å²) in [4.78, 5) is 14.6. The van der Waals surface area contributed by atoms with Crippen LogP contribution in [0, 0.1) is 22.7 Å². The molecule has 9 aromatic carbocycles. The maximum Gasteiger partial charge on any atom is 0.170 e. The summed E-state index contributed by atoms with van der Waals surface area (Å²) in [6.45, 7) is 0. The van der Waals surface area contributed by atoms with Gasteiger partial charge in [0.2, 0.25) is 0 Å². The second kappa shape index (κ2) is 15.0. The Morgan fingerprint density at radius 2 is 0.694 bits per heavy atom. The smallest absolute Gasteiger partial charge is 0.170 e. The van der Waals surface area contributed by atoms with Crippen molar-refractivity contribution in [3.05, 3.63) is 199 Å². The molecule has 7 nitrogen and oxygen atoms in total. The second-order valence-corrected chi connectivity index (χ2v) is 15.0. The van der Waals surface area contributed by atoms with Gasteiger partial charge in [-0.2, -0.15) is 10.5 Å². The van der Waals surface area contributed by atoms with Crippen LogP contribution in [0.2, 0.25) is 0 Å². The van der Waals surface area contributed by atoms with Gasteiger partial charge in [0, 0.05) is 27.5 Å². The van der Waals surface area contributed by atoms with Crippen molar-refractivity contribution in [3.8, 4) is 103 Å². The number of benzene rings is 9. The third kappa shape index (κ3) is 6.35. The third-order valence-electron chi connectivity index (χ3n) is 11.3. The van der Waals surface area contributed by atoms with E-state index in [1.807, 2.05) is 176 Å². The SMILES string of the molecule is N#Cc1ccc(-c2cc3c(cc2-c2ccc(C#N)c4ccccc24)Oc2cc(-c4ccc(-c5nc(-c6ccccc6)nc(-c6ccccc6)n5)cc4)ccc2O3)c2ccccc12. The van der Waals surface area contributed by atoms with Crippen molar-refractivity contribution in [2.75, 3.05) is 0 Å². The number of hydrogen-bond donors (Lipinski definition) is 0. The van der Waals surface area contributed by atoms with Crippen LogP contribution >= 0.6 is 0 Å². The monoisotopic (exact) mass is 793 g/mol. The summed E-state index contributed by atoms with van der Waals surface area (Å²) in [6, 6.07) is 66.4. The highest BCUT2D eigenvalue weighted by atomic mass is 16.6. The van der Waals surface area contributed by atoms with E-state index in [0.717, 1.165) is 71.6 Å². The number of nitriles is 2. The normalized spacial score (nSPS) is 11.5. The number of ether oxygens (including phenoxy) is 2. The molecule has 1 aliphatic heterocycles. The lowest BCUT2D eigenvalue weighted by Crippen LogP contribution is -2.01. The van der Waals surface area contributed by atoms with Crippen molar-refractivity contribution in [2.45, 2.75) is 0 Å². The van der Waals surface area contributed by atoms with E-state index in [4.69, 9.17) is 24.4 Å². The molecule has 11 rings (SSSR count). The first kappa shape index (κ1) is 36.2. The first-order chi connectivity index (χ1) is 30.6. The van der Waals surface area contributed by atoms with Gasteiger partial charge in [-0.05, 0) is 80.6 Å². The van der Waals surface area contributed by atoms with E-state index < -0.39 is 0 Å². The second-order valence-electron chi connectivity index (χ2n) is 15.0. The highest BCUT2D eigenvalue weighted by Crippen LogP contribution is 2.52. The van der Waals surface area contributed by atoms with Gasteiger partial charge in [0.05, 0.1) is 23.3 Å². The lowest BCUT2D eigenvalue weighted by Gasteiger charge is -2.24. The molecule has 0 saturated heterocycles. The van der Waals surface area contributed by atoms with Crippen LogP contribution in [-0.2, 0) is 0 Å². The van der Waals surface area contributed by atoms with Crippen molar-refractivity contribution in [2.24, 2.45) is 0 Å². The summed E-state index contributed by atoms with van der Waals surface area (Å²) >= 11 is 0. The fourth-order valence-corrected chi connectivity index (χ4v) is 8.27. The zero-order valence-electron chi connectivity index (χ0n) is 33.0. The Hall–Kier alpha value is -8.91.